The first kappa shape index (κ1) is 21.6. The maximum absolute atomic E-state index is 11.1. The molecule has 0 radical (unpaired) electrons. The van der Waals surface area contributed by atoms with E-state index in [1.54, 1.807) is 23.9 Å². The van der Waals surface area contributed by atoms with Gasteiger partial charge in [-0.1, -0.05) is 81.8 Å². The summed E-state index contributed by atoms with van der Waals surface area (Å²) in [7, 11) is 0. The predicted octanol–water partition coefficient (Wildman–Crippen LogP) is 6.56. The Morgan fingerprint density at radius 1 is 1.10 bits per heavy atom. The van der Waals surface area contributed by atoms with Crippen molar-refractivity contribution in [3.05, 3.63) is 69.8 Å². The molecule has 1 aromatic heterocycles. The van der Waals surface area contributed by atoms with Gasteiger partial charge in [0.2, 0.25) is 0 Å². The van der Waals surface area contributed by atoms with Gasteiger partial charge in [0.1, 0.15) is 0 Å². The lowest BCUT2D eigenvalue weighted by Gasteiger charge is -2.20. The van der Waals surface area contributed by atoms with Crippen LogP contribution in [0.1, 0.15) is 63.6 Å². The summed E-state index contributed by atoms with van der Waals surface area (Å²) in [6.45, 7) is 6.64. The van der Waals surface area contributed by atoms with Gasteiger partial charge < -0.3 is 0 Å². The molecule has 0 unspecified atom stereocenters. The van der Waals surface area contributed by atoms with Crippen LogP contribution in [-0.4, -0.2) is 19.7 Å². The molecule has 0 atom stereocenters. The van der Waals surface area contributed by atoms with E-state index in [0.717, 1.165) is 34.9 Å². The molecular weight excluding hydrogens is 408 g/mol. The number of benzene rings is 2. The number of hydrogen-bond acceptors (Lipinski definition) is 5. The number of rotatable bonds is 6. The molecule has 2 aromatic carbocycles. The first-order chi connectivity index (χ1) is 14.8. The summed E-state index contributed by atoms with van der Waals surface area (Å²) in [5.41, 5.74) is 3.51. The third-order valence-corrected chi connectivity index (χ3v) is 6.87. The monoisotopic (exact) mass is 436 g/mol. The van der Waals surface area contributed by atoms with E-state index in [0.29, 0.717) is 11.8 Å². The Hall–Kier alpha value is -2.67. The van der Waals surface area contributed by atoms with Crippen LogP contribution in [-0.2, 0) is 11.2 Å². The predicted molar refractivity (Wildman–Crippen MR) is 124 cm³/mol. The second-order valence-corrected chi connectivity index (χ2v) is 10.1. The van der Waals surface area contributed by atoms with Crippen molar-refractivity contribution < 1.29 is 4.92 Å². The number of hydrogen-bond donors (Lipinski definition) is 0. The molecule has 0 saturated heterocycles. The van der Waals surface area contributed by atoms with Crippen LogP contribution in [0.2, 0.25) is 0 Å². The summed E-state index contributed by atoms with van der Waals surface area (Å²) in [5, 5.41) is 21.0. The number of thioether (sulfide) groups is 1. The smallest absolute Gasteiger partial charge is 0.269 e. The van der Waals surface area contributed by atoms with Crippen LogP contribution in [0.4, 0.5) is 5.69 Å². The van der Waals surface area contributed by atoms with Crippen LogP contribution in [0.5, 0.6) is 0 Å². The average molecular weight is 437 g/mol. The average Bonchev–Trinajstić information content (AvgIpc) is 3.41. The van der Waals surface area contributed by atoms with Crippen molar-refractivity contribution in [3.8, 4) is 11.4 Å². The highest BCUT2D eigenvalue weighted by Gasteiger charge is 2.25. The second-order valence-electron chi connectivity index (χ2n) is 9.16. The van der Waals surface area contributed by atoms with E-state index in [4.69, 9.17) is 0 Å². The van der Waals surface area contributed by atoms with E-state index in [1.165, 1.54) is 24.5 Å². The summed E-state index contributed by atoms with van der Waals surface area (Å²) in [6, 6.07) is 15.9. The van der Waals surface area contributed by atoms with Crippen molar-refractivity contribution in [1.29, 1.82) is 0 Å². The standard InChI is InChI=1S/C24H28N4O2S/c1-24(2,3)19-13-11-18(12-14-19)22-25-26-23(27(22)20-8-4-5-9-20)31-16-17-7-6-10-21(15-17)28(29)30/h6-7,10-15,20H,4-5,8-9,16H2,1-3H3. The fraction of sp³-hybridized carbons (Fsp3) is 0.417. The molecule has 3 aromatic rings. The summed E-state index contributed by atoms with van der Waals surface area (Å²) in [6.07, 6.45) is 4.71. The van der Waals surface area contributed by atoms with Crippen molar-refractivity contribution in [1.82, 2.24) is 14.8 Å². The van der Waals surface area contributed by atoms with Gasteiger partial charge in [0.25, 0.3) is 5.69 Å². The molecule has 1 fully saturated rings. The van der Waals surface area contributed by atoms with E-state index >= 15 is 0 Å². The zero-order valence-electron chi connectivity index (χ0n) is 18.2. The normalized spacial score (nSPS) is 14.8. The highest BCUT2D eigenvalue weighted by atomic mass is 32.2. The second kappa shape index (κ2) is 8.83. The molecular formula is C24H28N4O2S. The number of nitro benzene ring substituents is 1. The molecule has 31 heavy (non-hydrogen) atoms. The molecule has 6 nitrogen and oxygen atoms in total. The summed E-state index contributed by atoms with van der Waals surface area (Å²) in [4.78, 5) is 10.7. The highest BCUT2D eigenvalue weighted by molar-refractivity contribution is 7.98. The van der Waals surface area contributed by atoms with E-state index in [9.17, 15) is 10.1 Å². The summed E-state index contributed by atoms with van der Waals surface area (Å²) >= 11 is 1.60. The zero-order valence-corrected chi connectivity index (χ0v) is 19.1. The number of nitro groups is 1. The van der Waals surface area contributed by atoms with Crippen molar-refractivity contribution >= 4 is 17.4 Å². The Morgan fingerprint density at radius 3 is 2.45 bits per heavy atom. The Kier molecular flexibility index (Phi) is 6.14. The van der Waals surface area contributed by atoms with Gasteiger partial charge in [-0.05, 0) is 29.4 Å². The number of non-ortho nitro benzene ring substituents is 1. The third kappa shape index (κ3) is 4.82. The first-order valence-electron chi connectivity index (χ1n) is 10.7. The van der Waals surface area contributed by atoms with Gasteiger partial charge in [-0.2, -0.15) is 0 Å². The topological polar surface area (TPSA) is 73.8 Å². The molecule has 1 saturated carbocycles. The van der Waals surface area contributed by atoms with E-state index in [-0.39, 0.29) is 16.0 Å². The van der Waals surface area contributed by atoms with Gasteiger partial charge in [-0.15, -0.1) is 10.2 Å². The van der Waals surface area contributed by atoms with Gasteiger partial charge in [0.05, 0.1) is 4.92 Å². The van der Waals surface area contributed by atoms with Gasteiger partial charge in [-0.3, -0.25) is 14.7 Å². The minimum absolute atomic E-state index is 0.108. The molecule has 4 rings (SSSR count). The number of nitrogens with zero attached hydrogens (tertiary/aromatic N) is 4. The van der Waals surface area contributed by atoms with Crippen LogP contribution < -0.4 is 0 Å². The largest absolute Gasteiger partial charge is 0.299 e. The van der Waals surface area contributed by atoms with Gasteiger partial charge in [-0.25, -0.2) is 0 Å². The molecule has 0 bridgehead atoms. The van der Waals surface area contributed by atoms with Crippen LogP contribution in [0.15, 0.2) is 53.7 Å². The van der Waals surface area contributed by atoms with E-state index in [1.807, 2.05) is 6.07 Å². The fourth-order valence-electron chi connectivity index (χ4n) is 4.09. The minimum Gasteiger partial charge on any atom is -0.299 e. The van der Waals surface area contributed by atoms with Gasteiger partial charge >= 0.3 is 0 Å². The van der Waals surface area contributed by atoms with Crippen LogP contribution in [0.3, 0.4) is 0 Å². The lowest BCUT2D eigenvalue weighted by atomic mass is 9.86. The van der Waals surface area contributed by atoms with Crippen LogP contribution >= 0.6 is 11.8 Å². The quantitative estimate of drug-likeness (QED) is 0.248. The Balaban J connectivity index is 1.62. The molecule has 1 heterocycles. The van der Waals surface area contributed by atoms with Crippen molar-refractivity contribution in [2.75, 3.05) is 0 Å². The van der Waals surface area contributed by atoms with Crippen LogP contribution in [0, 0.1) is 10.1 Å². The third-order valence-electron chi connectivity index (χ3n) is 5.85. The molecule has 7 heteroatoms. The lowest BCUT2D eigenvalue weighted by Crippen LogP contribution is -2.11. The molecule has 0 spiro atoms. The summed E-state index contributed by atoms with van der Waals surface area (Å²) in [5.74, 6) is 1.53. The zero-order chi connectivity index (χ0) is 22.0. The van der Waals surface area contributed by atoms with Crippen molar-refractivity contribution in [3.63, 3.8) is 0 Å². The molecule has 162 valence electrons. The maximum Gasteiger partial charge on any atom is 0.269 e. The Labute approximate surface area is 187 Å². The molecule has 0 amide bonds. The molecule has 1 aliphatic rings. The maximum atomic E-state index is 11.1. The summed E-state index contributed by atoms with van der Waals surface area (Å²) < 4.78 is 2.29. The highest BCUT2D eigenvalue weighted by Crippen LogP contribution is 2.37. The van der Waals surface area contributed by atoms with E-state index in [2.05, 4.69) is 59.8 Å². The van der Waals surface area contributed by atoms with Crippen molar-refractivity contribution in [2.24, 2.45) is 0 Å². The van der Waals surface area contributed by atoms with Gasteiger partial charge in [0.15, 0.2) is 11.0 Å². The Morgan fingerprint density at radius 2 is 1.81 bits per heavy atom. The first-order valence-corrected chi connectivity index (χ1v) is 11.7. The SMILES string of the molecule is CC(C)(C)c1ccc(-c2nnc(SCc3cccc([N+](=O)[O-])c3)n2C2CCCC2)cc1. The fourth-order valence-corrected chi connectivity index (χ4v) is 5.04. The van der Waals surface area contributed by atoms with Gasteiger partial charge in [0, 0.05) is 29.5 Å². The van der Waals surface area contributed by atoms with Crippen molar-refractivity contribution in [2.45, 2.75) is 68.8 Å². The minimum atomic E-state index is -0.353. The van der Waals surface area contributed by atoms with Crippen LogP contribution in [0.25, 0.3) is 11.4 Å². The molecule has 0 N–H and O–H groups in total. The van der Waals surface area contributed by atoms with E-state index < -0.39 is 0 Å². The lowest BCUT2D eigenvalue weighted by molar-refractivity contribution is -0.384. The Bertz CT molecular complexity index is 1060. The molecule has 0 aliphatic heterocycles. The molecule has 1 aliphatic carbocycles. The number of aromatic nitrogens is 3.